The number of aliphatic hydroxyl groups is 1. The second kappa shape index (κ2) is 20.7. The zero-order valence-electron chi connectivity index (χ0n) is 31.2. The quantitative estimate of drug-likeness (QED) is 0.0528. The molecule has 2 unspecified atom stereocenters. The summed E-state index contributed by atoms with van der Waals surface area (Å²) >= 11 is 0. The molecule has 2 fully saturated rings. The largest absolute Gasteiger partial charge is 0.463 e. The number of halogens is 2. The standard InChI is InChI=1S/C38H70F2O6Si/c1-9-10-11-19-26-38(39,40)34(46-47(7,8)37(4,5)6)25-24-31-30(32(41)28-33(31)45-36-23-18-20-27-43-36)21-16-14-12-13-15-17-22-35(42)44-29(2)3/h24-25,29-34,36,41H,9-23,26-28H2,1-8H3/t30-,31-,32+,33-,34?,36?/m1/s1. The van der Waals surface area contributed by atoms with E-state index in [-0.39, 0.29) is 47.8 Å². The number of hydrogen-bond acceptors (Lipinski definition) is 6. The Hall–Kier alpha value is -0.873. The fourth-order valence-corrected chi connectivity index (χ4v) is 7.75. The van der Waals surface area contributed by atoms with Gasteiger partial charge >= 0.3 is 5.97 Å². The molecule has 2 aliphatic rings. The fraction of sp³-hybridized carbons (Fsp3) is 0.921. The maximum Gasteiger partial charge on any atom is 0.306 e. The molecule has 9 heteroatoms. The maximum absolute atomic E-state index is 15.9. The third-order valence-electron chi connectivity index (χ3n) is 10.4. The van der Waals surface area contributed by atoms with Gasteiger partial charge in [-0.3, -0.25) is 4.79 Å². The molecule has 0 aromatic heterocycles. The van der Waals surface area contributed by atoms with Crippen molar-refractivity contribution in [2.45, 2.75) is 205 Å². The molecule has 6 nitrogen and oxygen atoms in total. The van der Waals surface area contributed by atoms with E-state index in [9.17, 15) is 9.90 Å². The molecule has 1 aliphatic heterocycles. The van der Waals surface area contributed by atoms with Crippen LogP contribution in [-0.2, 0) is 23.4 Å². The zero-order chi connectivity index (χ0) is 35.1. The van der Waals surface area contributed by atoms with Crippen molar-refractivity contribution in [1.82, 2.24) is 0 Å². The van der Waals surface area contributed by atoms with E-state index in [4.69, 9.17) is 18.6 Å². The number of alkyl halides is 2. The molecular formula is C38H70F2O6Si. The lowest BCUT2D eigenvalue weighted by Crippen LogP contribution is -2.48. The minimum atomic E-state index is -2.99. The first-order chi connectivity index (χ1) is 22.1. The zero-order valence-corrected chi connectivity index (χ0v) is 32.2. The molecular weight excluding hydrogens is 618 g/mol. The van der Waals surface area contributed by atoms with Gasteiger partial charge in [-0.15, -0.1) is 0 Å². The highest BCUT2D eigenvalue weighted by molar-refractivity contribution is 6.74. The Kier molecular flexibility index (Phi) is 18.6. The number of carbonyl (C=O) groups is 1. The van der Waals surface area contributed by atoms with E-state index in [1.54, 1.807) is 6.08 Å². The molecule has 1 N–H and O–H groups in total. The molecule has 1 saturated heterocycles. The third-order valence-corrected chi connectivity index (χ3v) is 14.9. The van der Waals surface area contributed by atoms with Crippen LogP contribution in [0, 0.1) is 11.8 Å². The van der Waals surface area contributed by atoms with Gasteiger partial charge in [0.15, 0.2) is 14.6 Å². The van der Waals surface area contributed by atoms with Crippen LogP contribution < -0.4 is 0 Å². The number of ether oxygens (including phenoxy) is 3. The van der Waals surface area contributed by atoms with Gasteiger partial charge in [0.25, 0.3) is 5.92 Å². The van der Waals surface area contributed by atoms with Crippen molar-refractivity contribution in [2.24, 2.45) is 11.8 Å². The number of rotatable bonds is 22. The fourth-order valence-electron chi connectivity index (χ4n) is 6.51. The van der Waals surface area contributed by atoms with Gasteiger partial charge in [0.1, 0.15) is 6.10 Å². The summed E-state index contributed by atoms with van der Waals surface area (Å²) < 4.78 is 55.9. The normalized spacial score (nSPS) is 25.1. The number of carbonyl (C=O) groups excluding carboxylic acids is 1. The van der Waals surface area contributed by atoms with Gasteiger partial charge in [0.05, 0.1) is 18.3 Å². The molecule has 0 spiro atoms. The summed E-state index contributed by atoms with van der Waals surface area (Å²) in [5.41, 5.74) is 0. The smallest absolute Gasteiger partial charge is 0.306 e. The van der Waals surface area contributed by atoms with Crippen molar-refractivity contribution < 1.29 is 37.3 Å². The van der Waals surface area contributed by atoms with Gasteiger partial charge in [0.2, 0.25) is 0 Å². The van der Waals surface area contributed by atoms with Gasteiger partial charge in [0, 0.05) is 31.8 Å². The Morgan fingerprint density at radius 2 is 1.66 bits per heavy atom. The first-order valence-corrected chi connectivity index (χ1v) is 21.9. The summed E-state index contributed by atoms with van der Waals surface area (Å²) in [6.07, 6.45) is 14.6. The highest BCUT2D eigenvalue weighted by atomic mass is 28.4. The Labute approximate surface area is 287 Å². The van der Waals surface area contributed by atoms with Crippen molar-refractivity contribution >= 4 is 14.3 Å². The molecule has 0 bridgehead atoms. The van der Waals surface area contributed by atoms with E-state index < -0.39 is 26.4 Å². The van der Waals surface area contributed by atoms with E-state index in [0.717, 1.165) is 83.5 Å². The summed E-state index contributed by atoms with van der Waals surface area (Å²) in [6, 6.07) is 0. The summed E-state index contributed by atoms with van der Waals surface area (Å²) in [4.78, 5) is 11.8. The Balaban J connectivity index is 2.13. The second-order valence-corrected chi connectivity index (χ2v) is 20.7. The monoisotopic (exact) mass is 688 g/mol. The average Bonchev–Trinajstić information content (AvgIpc) is 3.27. The molecule has 0 amide bonds. The first kappa shape index (κ1) is 42.3. The van der Waals surface area contributed by atoms with Crippen LogP contribution in [0.5, 0.6) is 0 Å². The molecule has 6 atom stereocenters. The molecule has 276 valence electrons. The molecule has 0 aromatic carbocycles. The van der Waals surface area contributed by atoms with Crippen molar-refractivity contribution in [1.29, 1.82) is 0 Å². The number of unbranched alkanes of at least 4 members (excludes halogenated alkanes) is 8. The van der Waals surface area contributed by atoms with Crippen LogP contribution in [0.4, 0.5) is 8.78 Å². The Morgan fingerprint density at radius 3 is 2.28 bits per heavy atom. The van der Waals surface area contributed by atoms with E-state index in [0.29, 0.717) is 25.9 Å². The van der Waals surface area contributed by atoms with Crippen LogP contribution in [0.25, 0.3) is 0 Å². The highest BCUT2D eigenvalue weighted by Gasteiger charge is 2.47. The summed E-state index contributed by atoms with van der Waals surface area (Å²) in [6.45, 7) is 16.8. The van der Waals surface area contributed by atoms with Gasteiger partial charge in [-0.2, -0.15) is 0 Å². The SMILES string of the molecule is CCCCCCC(F)(F)C(C=C[C@@H]1[C@@H](CCCCCCCCC(=O)OC(C)C)[C@@H](O)C[C@H]1OC1CCCCO1)O[Si](C)(C)C(C)(C)C. The van der Waals surface area contributed by atoms with Crippen molar-refractivity contribution in [3.8, 4) is 0 Å². The molecule has 0 aromatic rings. The van der Waals surface area contributed by atoms with Crippen LogP contribution in [0.2, 0.25) is 18.1 Å². The predicted molar refractivity (Wildman–Crippen MR) is 189 cm³/mol. The summed E-state index contributed by atoms with van der Waals surface area (Å²) in [5.74, 6) is -3.38. The van der Waals surface area contributed by atoms with Crippen molar-refractivity contribution in [3.05, 3.63) is 12.2 Å². The van der Waals surface area contributed by atoms with Crippen LogP contribution in [0.1, 0.15) is 151 Å². The average molecular weight is 689 g/mol. The second-order valence-electron chi connectivity index (χ2n) is 16.0. The van der Waals surface area contributed by atoms with Crippen LogP contribution in [-0.4, -0.2) is 62.6 Å². The van der Waals surface area contributed by atoms with Gasteiger partial charge in [-0.25, -0.2) is 8.78 Å². The van der Waals surface area contributed by atoms with Gasteiger partial charge in [-0.1, -0.05) is 91.2 Å². The topological polar surface area (TPSA) is 74.2 Å². The van der Waals surface area contributed by atoms with Crippen LogP contribution >= 0.6 is 0 Å². The number of esters is 1. The molecule has 1 aliphatic carbocycles. The van der Waals surface area contributed by atoms with E-state index in [2.05, 4.69) is 27.7 Å². The summed E-state index contributed by atoms with van der Waals surface area (Å²) in [7, 11) is -2.50. The van der Waals surface area contributed by atoms with Crippen LogP contribution in [0.15, 0.2) is 12.2 Å². The predicted octanol–water partition coefficient (Wildman–Crippen LogP) is 10.5. The third kappa shape index (κ3) is 15.3. The van der Waals surface area contributed by atoms with Crippen molar-refractivity contribution in [3.63, 3.8) is 0 Å². The number of aliphatic hydroxyl groups excluding tert-OH is 1. The summed E-state index contributed by atoms with van der Waals surface area (Å²) in [5, 5.41) is 11.1. The van der Waals surface area contributed by atoms with Gasteiger partial charge < -0.3 is 23.7 Å². The van der Waals surface area contributed by atoms with E-state index in [1.165, 1.54) is 0 Å². The minimum Gasteiger partial charge on any atom is -0.463 e. The first-order valence-electron chi connectivity index (χ1n) is 19.0. The molecule has 47 heavy (non-hydrogen) atoms. The lowest BCUT2D eigenvalue weighted by Gasteiger charge is -2.40. The van der Waals surface area contributed by atoms with Crippen LogP contribution in [0.3, 0.4) is 0 Å². The molecule has 2 rings (SSSR count). The minimum absolute atomic E-state index is 0.0719. The molecule has 1 saturated carbocycles. The lowest BCUT2D eigenvalue weighted by molar-refractivity contribution is -0.193. The lowest BCUT2D eigenvalue weighted by atomic mass is 9.87. The molecule has 0 radical (unpaired) electrons. The highest BCUT2D eigenvalue weighted by Crippen LogP contribution is 2.43. The number of hydrogen-bond donors (Lipinski definition) is 1. The Bertz CT molecular complexity index is 899. The maximum atomic E-state index is 15.9. The Morgan fingerprint density at radius 1 is 1.00 bits per heavy atom. The van der Waals surface area contributed by atoms with Crippen molar-refractivity contribution in [2.75, 3.05) is 6.61 Å². The van der Waals surface area contributed by atoms with Gasteiger partial charge in [-0.05, 0) is 76.4 Å². The van der Waals surface area contributed by atoms with E-state index >= 15 is 8.78 Å². The molecule has 1 heterocycles. The van der Waals surface area contributed by atoms with E-state index in [1.807, 2.05) is 33.0 Å².